The van der Waals surface area contributed by atoms with Crippen molar-refractivity contribution in [1.29, 1.82) is 0 Å². The van der Waals surface area contributed by atoms with Crippen LogP contribution in [0.5, 0.6) is 0 Å². The highest BCUT2D eigenvalue weighted by molar-refractivity contribution is 5.78. The average molecular weight is 325 g/mol. The van der Waals surface area contributed by atoms with Crippen LogP contribution < -0.4 is 5.32 Å². The Kier molecular flexibility index (Phi) is 6.49. The van der Waals surface area contributed by atoms with Gasteiger partial charge in [-0.05, 0) is 24.1 Å². The Morgan fingerprint density at radius 1 is 1.17 bits per heavy atom. The highest BCUT2D eigenvalue weighted by Gasteiger charge is 2.12. The number of hydrogen-bond acceptors (Lipinski definition) is 3. The van der Waals surface area contributed by atoms with Gasteiger partial charge < -0.3 is 10.2 Å². The van der Waals surface area contributed by atoms with Crippen molar-refractivity contribution >= 4 is 11.8 Å². The summed E-state index contributed by atoms with van der Waals surface area (Å²) >= 11 is 0. The van der Waals surface area contributed by atoms with E-state index in [1.165, 1.54) is 12.5 Å². The number of carbonyl (C=O) groups excluding carboxylic acids is 2. The first-order valence-electron chi connectivity index (χ1n) is 8.01. The van der Waals surface area contributed by atoms with Crippen molar-refractivity contribution in [1.82, 2.24) is 15.2 Å². The molecule has 0 spiro atoms. The Morgan fingerprint density at radius 3 is 2.62 bits per heavy atom. The van der Waals surface area contributed by atoms with Crippen LogP contribution in [0.25, 0.3) is 0 Å². The van der Waals surface area contributed by atoms with Gasteiger partial charge >= 0.3 is 0 Å². The summed E-state index contributed by atoms with van der Waals surface area (Å²) in [5.41, 5.74) is 3.19. The molecule has 5 heteroatoms. The molecule has 0 atom stereocenters. The molecule has 0 aliphatic carbocycles. The van der Waals surface area contributed by atoms with Crippen molar-refractivity contribution in [2.24, 2.45) is 0 Å². The highest BCUT2D eigenvalue weighted by atomic mass is 16.2. The summed E-state index contributed by atoms with van der Waals surface area (Å²) < 4.78 is 0. The molecule has 0 radical (unpaired) electrons. The van der Waals surface area contributed by atoms with Gasteiger partial charge in [-0.15, -0.1) is 0 Å². The number of nitrogens with one attached hydrogen (secondary N) is 1. The van der Waals surface area contributed by atoms with E-state index >= 15 is 0 Å². The third-order valence-corrected chi connectivity index (χ3v) is 3.72. The first-order chi connectivity index (χ1) is 11.5. The van der Waals surface area contributed by atoms with Crippen LogP contribution in [0.2, 0.25) is 0 Å². The van der Waals surface area contributed by atoms with Gasteiger partial charge in [0.2, 0.25) is 11.8 Å². The Balaban J connectivity index is 1.80. The molecule has 2 aromatic rings. The number of carbonyl (C=O) groups is 2. The van der Waals surface area contributed by atoms with E-state index in [1.807, 2.05) is 43.3 Å². The molecule has 1 N–H and O–H groups in total. The maximum absolute atomic E-state index is 12.0. The number of hydrogen-bond donors (Lipinski definition) is 1. The minimum Gasteiger partial charge on any atom is -0.352 e. The smallest absolute Gasteiger partial charge is 0.222 e. The van der Waals surface area contributed by atoms with E-state index in [2.05, 4.69) is 10.3 Å². The van der Waals surface area contributed by atoms with E-state index in [0.717, 1.165) is 11.1 Å². The van der Waals surface area contributed by atoms with Gasteiger partial charge in [-0.1, -0.05) is 35.9 Å². The Labute approximate surface area is 142 Å². The van der Waals surface area contributed by atoms with Crippen LogP contribution in [-0.4, -0.2) is 28.2 Å². The molecule has 1 heterocycles. The number of aromatic nitrogens is 1. The summed E-state index contributed by atoms with van der Waals surface area (Å²) in [6.07, 6.45) is 3.71. The normalized spacial score (nSPS) is 10.2. The minimum atomic E-state index is -0.0612. The zero-order valence-corrected chi connectivity index (χ0v) is 14.2. The van der Waals surface area contributed by atoms with Crippen molar-refractivity contribution in [2.75, 3.05) is 6.54 Å². The van der Waals surface area contributed by atoms with Crippen LogP contribution in [0, 0.1) is 6.92 Å². The third-order valence-electron chi connectivity index (χ3n) is 3.72. The molecule has 2 amide bonds. The lowest BCUT2D eigenvalue weighted by atomic mass is 10.1. The monoisotopic (exact) mass is 325 g/mol. The second-order valence-corrected chi connectivity index (χ2v) is 5.82. The predicted octanol–water partition coefficient (Wildman–Crippen LogP) is 2.45. The first kappa shape index (κ1) is 17.7. The molecular weight excluding hydrogens is 302 g/mol. The lowest BCUT2D eigenvalue weighted by Gasteiger charge is -2.20. The van der Waals surface area contributed by atoms with Crippen LogP contribution in [0.1, 0.15) is 30.0 Å². The molecule has 1 aromatic carbocycles. The zero-order chi connectivity index (χ0) is 17.4. The Bertz CT molecular complexity index is 686. The lowest BCUT2D eigenvalue weighted by Crippen LogP contribution is -2.33. The summed E-state index contributed by atoms with van der Waals surface area (Å²) in [7, 11) is 0. The van der Waals surface area contributed by atoms with Gasteiger partial charge in [-0.3, -0.25) is 14.6 Å². The van der Waals surface area contributed by atoms with Crippen molar-refractivity contribution in [3.05, 3.63) is 65.5 Å². The Morgan fingerprint density at radius 2 is 1.96 bits per heavy atom. The van der Waals surface area contributed by atoms with Crippen molar-refractivity contribution in [2.45, 2.75) is 33.4 Å². The second kappa shape index (κ2) is 8.82. The topological polar surface area (TPSA) is 62.3 Å². The van der Waals surface area contributed by atoms with E-state index in [-0.39, 0.29) is 18.2 Å². The molecule has 5 nitrogen and oxygen atoms in total. The van der Waals surface area contributed by atoms with E-state index in [1.54, 1.807) is 17.3 Å². The van der Waals surface area contributed by atoms with Gasteiger partial charge in [-0.2, -0.15) is 0 Å². The summed E-state index contributed by atoms with van der Waals surface area (Å²) in [6, 6.07) is 11.8. The second-order valence-electron chi connectivity index (χ2n) is 5.82. The number of rotatable bonds is 7. The summed E-state index contributed by atoms with van der Waals surface area (Å²) in [5, 5.41) is 2.90. The van der Waals surface area contributed by atoms with Gasteiger partial charge in [0.05, 0.1) is 0 Å². The van der Waals surface area contributed by atoms with Crippen LogP contribution in [0.15, 0.2) is 48.8 Å². The van der Waals surface area contributed by atoms with E-state index in [4.69, 9.17) is 0 Å². The number of aryl methyl sites for hydroxylation is 1. The summed E-state index contributed by atoms with van der Waals surface area (Å²) in [4.78, 5) is 29.5. The standard InChI is InChI=1S/C19H23N3O2/c1-15-5-3-6-17(11-15)13-21-19(24)8-10-22(16(2)23)14-18-7-4-9-20-12-18/h3-7,9,11-12H,8,10,13-14H2,1-2H3,(H,21,24). The van der Waals surface area contributed by atoms with Gasteiger partial charge in [-0.25, -0.2) is 0 Å². The molecule has 0 unspecified atom stereocenters. The molecule has 0 saturated carbocycles. The van der Waals surface area contributed by atoms with Gasteiger partial charge in [0, 0.05) is 45.4 Å². The number of pyridine rings is 1. The lowest BCUT2D eigenvalue weighted by molar-refractivity contribution is -0.130. The largest absolute Gasteiger partial charge is 0.352 e. The maximum atomic E-state index is 12.0. The van der Waals surface area contributed by atoms with Crippen LogP contribution in [-0.2, 0) is 22.7 Å². The quantitative estimate of drug-likeness (QED) is 0.850. The maximum Gasteiger partial charge on any atom is 0.222 e. The fourth-order valence-electron chi connectivity index (χ4n) is 2.41. The van der Waals surface area contributed by atoms with Gasteiger partial charge in [0.1, 0.15) is 0 Å². The minimum absolute atomic E-state index is 0.0506. The van der Waals surface area contributed by atoms with Gasteiger partial charge in [0.25, 0.3) is 0 Å². The number of amides is 2. The molecule has 2 rings (SSSR count). The SMILES string of the molecule is CC(=O)N(CCC(=O)NCc1cccc(C)c1)Cc1cccnc1. The number of nitrogens with zero attached hydrogens (tertiary/aromatic N) is 2. The number of benzene rings is 1. The van der Waals surface area contributed by atoms with Crippen LogP contribution in [0.4, 0.5) is 0 Å². The average Bonchev–Trinajstić information content (AvgIpc) is 2.57. The summed E-state index contributed by atoms with van der Waals surface area (Å²) in [6.45, 7) is 4.90. The van der Waals surface area contributed by atoms with Gasteiger partial charge in [0.15, 0.2) is 0 Å². The first-order valence-corrected chi connectivity index (χ1v) is 8.01. The molecule has 0 aliphatic rings. The molecule has 24 heavy (non-hydrogen) atoms. The molecule has 126 valence electrons. The van der Waals surface area contributed by atoms with E-state index < -0.39 is 0 Å². The van der Waals surface area contributed by atoms with Crippen molar-refractivity contribution in [3.8, 4) is 0 Å². The molecule has 0 fully saturated rings. The van der Waals surface area contributed by atoms with E-state index in [9.17, 15) is 9.59 Å². The van der Waals surface area contributed by atoms with E-state index in [0.29, 0.717) is 19.6 Å². The Hall–Kier alpha value is -2.69. The third kappa shape index (κ3) is 5.83. The fourth-order valence-corrected chi connectivity index (χ4v) is 2.41. The predicted molar refractivity (Wildman–Crippen MR) is 93.0 cm³/mol. The molecular formula is C19H23N3O2. The molecule has 1 aromatic heterocycles. The van der Waals surface area contributed by atoms with Crippen molar-refractivity contribution < 1.29 is 9.59 Å². The van der Waals surface area contributed by atoms with Crippen LogP contribution >= 0.6 is 0 Å². The molecule has 0 saturated heterocycles. The molecule has 0 aliphatic heterocycles. The van der Waals surface area contributed by atoms with Crippen LogP contribution in [0.3, 0.4) is 0 Å². The van der Waals surface area contributed by atoms with Crippen molar-refractivity contribution in [3.63, 3.8) is 0 Å². The fraction of sp³-hybridized carbons (Fsp3) is 0.316. The zero-order valence-electron chi connectivity index (χ0n) is 14.2. The molecule has 0 bridgehead atoms. The highest BCUT2D eigenvalue weighted by Crippen LogP contribution is 2.05. The summed E-state index contributed by atoms with van der Waals surface area (Å²) in [5.74, 6) is -0.112.